The van der Waals surface area contributed by atoms with Gasteiger partial charge in [-0.25, -0.2) is 8.42 Å². The van der Waals surface area contributed by atoms with E-state index in [1.165, 1.54) is 70.6 Å². The average molecular weight is 373 g/mol. The molecule has 4 nitrogen and oxygen atoms in total. The molecule has 0 aliphatic heterocycles. The molecule has 0 heterocycles. The first kappa shape index (κ1) is 27.1. The zero-order chi connectivity index (χ0) is 17.4. The van der Waals surface area contributed by atoms with E-state index < -0.39 is 10.4 Å². The molecule has 140 valence electrons. The normalized spacial score (nSPS) is 12.8. The van der Waals surface area contributed by atoms with E-state index in [1.807, 2.05) is 0 Å². The van der Waals surface area contributed by atoms with Crippen LogP contribution in [0.1, 0.15) is 104 Å². The van der Waals surface area contributed by atoms with Crippen LogP contribution in [0.2, 0.25) is 0 Å². The second kappa shape index (κ2) is 18.7. The molecule has 6 heteroatoms. The minimum absolute atomic E-state index is 0. The molecule has 0 spiro atoms. The maximum atomic E-state index is 10.2. The van der Waals surface area contributed by atoms with Gasteiger partial charge in [-0.15, -0.1) is 0 Å². The van der Waals surface area contributed by atoms with Crippen molar-refractivity contribution in [3.05, 3.63) is 0 Å². The summed E-state index contributed by atoms with van der Waals surface area (Å²) in [6, 6.07) is 0. The van der Waals surface area contributed by atoms with Crippen molar-refractivity contribution in [2.24, 2.45) is 5.92 Å². The maximum absolute atomic E-state index is 10.2. The van der Waals surface area contributed by atoms with Crippen molar-refractivity contribution in [3.63, 3.8) is 0 Å². The Morgan fingerprint density at radius 2 is 1.21 bits per heavy atom. The Bertz CT molecular complexity index is 347. The van der Waals surface area contributed by atoms with Crippen molar-refractivity contribution >= 4 is 10.4 Å². The van der Waals surface area contributed by atoms with Crippen LogP contribution in [0.15, 0.2) is 0 Å². The summed E-state index contributed by atoms with van der Waals surface area (Å²) in [6.45, 7) is 4.61. The third kappa shape index (κ3) is 22.9. The predicted molar refractivity (Wildman–Crippen MR) is 95.1 cm³/mol. The molecule has 0 fully saturated rings. The van der Waals surface area contributed by atoms with Gasteiger partial charge >= 0.3 is 29.6 Å². The van der Waals surface area contributed by atoms with Crippen LogP contribution in [0.4, 0.5) is 0 Å². The Kier molecular flexibility index (Phi) is 21.1. The van der Waals surface area contributed by atoms with Crippen molar-refractivity contribution in [2.75, 3.05) is 6.61 Å². The third-order valence-electron chi connectivity index (χ3n) is 4.37. The van der Waals surface area contributed by atoms with Crippen LogP contribution >= 0.6 is 0 Å². The van der Waals surface area contributed by atoms with Crippen LogP contribution < -0.4 is 29.6 Å². The first-order valence-electron chi connectivity index (χ1n) is 9.56. The van der Waals surface area contributed by atoms with E-state index in [1.54, 1.807) is 0 Å². The molecule has 0 radical (unpaired) electrons. The summed E-state index contributed by atoms with van der Waals surface area (Å²) < 4.78 is 34.9. The number of hydrogen-bond acceptors (Lipinski definition) is 4. The minimum atomic E-state index is -4.50. The second-order valence-electron chi connectivity index (χ2n) is 6.80. The second-order valence-corrected chi connectivity index (χ2v) is 7.85. The Hall–Kier alpha value is 0.870. The Balaban J connectivity index is 0. The minimum Gasteiger partial charge on any atom is -0.726 e. The van der Waals surface area contributed by atoms with Gasteiger partial charge in [-0.3, -0.25) is 4.18 Å². The molecule has 0 aliphatic rings. The van der Waals surface area contributed by atoms with Gasteiger partial charge in [0.2, 0.25) is 10.4 Å². The van der Waals surface area contributed by atoms with E-state index in [0.717, 1.165) is 18.8 Å². The molecule has 24 heavy (non-hydrogen) atoms. The molecule has 0 aromatic carbocycles. The van der Waals surface area contributed by atoms with Crippen molar-refractivity contribution in [2.45, 2.75) is 104 Å². The number of hydrogen-bond donors (Lipinski definition) is 0. The molecule has 1 unspecified atom stereocenters. The van der Waals surface area contributed by atoms with Gasteiger partial charge in [0.1, 0.15) is 0 Å². The molecular formula is C18H37NaO4S. The largest absolute Gasteiger partial charge is 1.00 e. The van der Waals surface area contributed by atoms with Crippen molar-refractivity contribution in [1.82, 2.24) is 0 Å². The van der Waals surface area contributed by atoms with Crippen LogP contribution in [0, 0.1) is 5.92 Å². The third-order valence-corrected chi connectivity index (χ3v) is 4.82. The predicted octanol–water partition coefficient (Wildman–Crippen LogP) is 2.58. The molecule has 0 aromatic rings. The van der Waals surface area contributed by atoms with Crippen molar-refractivity contribution in [1.29, 1.82) is 0 Å². The Morgan fingerprint density at radius 3 is 1.67 bits per heavy atom. The number of rotatable bonds is 17. The van der Waals surface area contributed by atoms with E-state index in [0.29, 0.717) is 6.42 Å². The smallest absolute Gasteiger partial charge is 0.726 e. The summed E-state index contributed by atoms with van der Waals surface area (Å²) >= 11 is 0. The zero-order valence-corrected chi connectivity index (χ0v) is 19.0. The molecule has 0 bridgehead atoms. The summed E-state index contributed by atoms with van der Waals surface area (Å²) in [4.78, 5) is 0. The van der Waals surface area contributed by atoms with E-state index in [-0.39, 0.29) is 36.2 Å². The van der Waals surface area contributed by atoms with Crippen LogP contribution in [0.5, 0.6) is 0 Å². The van der Waals surface area contributed by atoms with Crippen LogP contribution in [-0.2, 0) is 14.6 Å². The first-order chi connectivity index (χ1) is 11.0. The first-order valence-corrected chi connectivity index (χ1v) is 10.9. The van der Waals surface area contributed by atoms with Gasteiger partial charge in [-0.2, -0.15) is 0 Å². The molecule has 0 amide bonds. The summed E-state index contributed by atoms with van der Waals surface area (Å²) in [5.74, 6) is 0.786. The molecular weight excluding hydrogens is 335 g/mol. The summed E-state index contributed by atoms with van der Waals surface area (Å²) in [7, 11) is -4.50. The topological polar surface area (TPSA) is 66.4 Å². The fraction of sp³-hybridized carbons (Fsp3) is 1.00. The summed E-state index contributed by atoms with van der Waals surface area (Å²) in [5, 5.41) is 0. The fourth-order valence-corrected chi connectivity index (χ4v) is 3.20. The van der Waals surface area contributed by atoms with Gasteiger partial charge in [0.25, 0.3) is 0 Å². The van der Waals surface area contributed by atoms with E-state index >= 15 is 0 Å². The van der Waals surface area contributed by atoms with Crippen LogP contribution in [0.3, 0.4) is 0 Å². The quantitative estimate of drug-likeness (QED) is 0.170. The monoisotopic (exact) mass is 372 g/mol. The van der Waals surface area contributed by atoms with Crippen molar-refractivity contribution in [3.8, 4) is 0 Å². The summed E-state index contributed by atoms with van der Waals surface area (Å²) in [5.41, 5.74) is 0. The molecule has 0 saturated carbocycles. The SMILES string of the molecule is CCCCCCCCCCC(C)CCCCCCOS(=O)(=O)[O-].[Na+]. The molecule has 0 aliphatic carbocycles. The van der Waals surface area contributed by atoms with Crippen LogP contribution in [-0.4, -0.2) is 19.6 Å². The van der Waals surface area contributed by atoms with Crippen molar-refractivity contribution < 1.29 is 46.7 Å². The van der Waals surface area contributed by atoms with Gasteiger partial charge in [-0.05, 0) is 12.3 Å². The maximum Gasteiger partial charge on any atom is 1.00 e. The fourth-order valence-electron chi connectivity index (χ4n) is 2.88. The molecule has 0 saturated heterocycles. The van der Waals surface area contributed by atoms with Gasteiger partial charge in [0.15, 0.2) is 0 Å². The summed E-state index contributed by atoms with van der Waals surface area (Å²) in [6.07, 6.45) is 17.4. The van der Waals surface area contributed by atoms with E-state index in [2.05, 4.69) is 18.0 Å². The van der Waals surface area contributed by atoms with Gasteiger partial charge < -0.3 is 4.55 Å². The van der Waals surface area contributed by atoms with E-state index in [9.17, 15) is 13.0 Å². The Labute approximate surface area is 172 Å². The van der Waals surface area contributed by atoms with Crippen LogP contribution in [0.25, 0.3) is 0 Å². The molecule has 1 atom stereocenters. The molecule has 0 aromatic heterocycles. The average Bonchev–Trinajstić information content (AvgIpc) is 2.48. The zero-order valence-electron chi connectivity index (χ0n) is 16.2. The molecule has 0 N–H and O–H groups in total. The molecule has 0 rings (SSSR count). The van der Waals surface area contributed by atoms with Gasteiger partial charge in [-0.1, -0.05) is 97.3 Å². The Morgan fingerprint density at radius 1 is 0.792 bits per heavy atom. The van der Waals surface area contributed by atoms with E-state index in [4.69, 9.17) is 0 Å². The van der Waals surface area contributed by atoms with Gasteiger partial charge in [0, 0.05) is 0 Å². The number of unbranched alkanes of at least 4 members (excludes halogenated alkanes) is 10. The van der Waals surface area contributed by atoms with Gasteiger partial charge in [0.05, 0.1) is 6.61 Å². The standard InChI is InChI=1S/C18H38O4S.Na/c1-3-4-5-6-7-8-9-12-15-18(2)16-13-10-11-14-17-22-23(19,20)21;/h18H,3-17H2,1-2H3,(H,19,20,21);/q;+1/p-1.